The van der Waals surface area contributed by atoms with E-state index in [1.165, 1.54) is 10.5 Å². The van der Waals surface area contributed by atoms with E-state index in [1.807, 2.05) is 49.9 Å². The summed E-state index contributed by atoms with van der Waals surface area (Å²) in [6.07, 6.45) is 0.902. The summed E-state index contributed by atoms with van der Waals surface area (Å²) >= 11 is 7.01. The van der Waals surface area contributed by atoms with Crippen LogP contribution >= 0.6 is 23.4 Å². The maximum Gasteiger partial charge on any atom is 0.346 e. The van der Waals surface area contributed by atoms with Gasteiger partial charge in [0.15, 0.2) is 0 Å². The lowest BCUT2D eigenvalue weighted by molar-refractivity contribution is -0.149. The number of halogens is 1. The minimum atomic E-state index is -1.90. The molecule has 1 saturated heterocycles. The van der Waals surface area contributed by atoms with Crippen LogP contribution in [0.25, 0.3) is 0 Å². The number of rotatable bonds is 14. The van der Waals surface area contributed by atoms with Crippen LogP contribution in [0.5, 0.6) is 0 Å². The van der Waals surface area contributed by atoms with E-state index in [2.05, 4.69) is 4.90 Å². The lowest BCUT2D eigenvalue weighted by Crippen LogP contribution is -2.59. The first-order valence-corrected chi connectivity index (χ1v) is 15.8. The smallest absolute Gasteiger partial charge is 0.346 e. The fraction of sp³-hybridized carbons (Fsp3) is 0.516. The Bertz CT molecular complexity index is 1170. The summed E-state index contributed by atoms with van der Waals surface area (Å²) in [6, 6.07) is 14.8. The number of hydrogen-bond donors (Lipinski definition) is 1. The van der Waals surface area contributed by atoms with Gasteiger partial charge in [-0.3, -0.25) is 20.2 Å². The summed E-state index contributed by atoms with van der Waals surface area (Å²) in [6.45, 7) is 11.7. The van der Waals surface area contributed by atoms with E-state index < -0.39 is 16.7 Å². The molecule has 2 aromatic carbocycles. The third-order valence-electron chi connectivity index (χ3n) is 7.00. The van der Waals surface area contributed by atoms with E-state index in [9.17, 15) is 14.4 Å². The Morgan fingerprint density at radius 1 is 1.02 bits per heavy atom. The summed E-state index contributed by atoms with van der Waals surface area (Å²) in [4.78, 5) is 43.6. The Labute approximate surface area is 258 Å². The van der Waals surface area contributed by atoms with Crippen LogP contribution in [0.3, 0.4) is 0 Å². The van der Waals surface area contributed by atoms with Crippen LogP contribution in [0, 0.1) is 0 Å². The van der Waals surface area contributed by atoms with Crippen LogP contribution in [0.4, 0.5) is 5.69 Å². The zero-order valence-corrected chi connectivity index (χ0v) is 26.6. The van der Waals surface area contributed by atoms with E-state index in [0.717, 1.165) is 42.8 Å². The highest BCUT2D eigenvalue weighted by atomic mass is 35.5. The second-order valence-electron chi connectivity index (χ2n) is 10.3. The highest BCUT2D eigenvalue weighted by Gasteiger charge is 2.47. The van der Waals surface area contributed by atoms with Crippen LogP contribution in [0.1, 0.15) is 43.6 Å². The van der Waals surface area contributed by atoms with Gasteiger partial charge in [0.25, 0.3) is 11.8 Å². The number of nitrogens with two attached hydrogens (primary N) is 1. The molecule has 2 aromatic rings. The number of thioether (sulfide) groups is 1. The van der Waals surface area contributed by atoms with Gasteiger partial charge in [0.05, 0.1) is 19.3 Å². The second-order valence-corrected chi connectivity index (χ2v) is 12.3. The Morgan fingerprint density at radius 2 is 1.67 bits per heavy atom. The quantitative estimate of drug-likeness (QED) is 0.192. The Morgan fingerprint density at radius 3 is 2.24 bits per heavy atom. The normalized spacial score (nSPS) is 15.4. The van der Waals surface area contributed by atoms with Gasteiger partial charge in [-0.15, -0.1) is 11.8 Å². The number of piperazine rings is 1. The molecule has 9 nitrogen and oxygen atoms in total. The van der Waals surface area contributed by atoms with Gasteiger partial charge < -0.3 is 19.3 Å². The van der Waals surface area contributed by atoms with Gasteiger partial charge >= 0.3 is 5.97 Å². The zero-order chi connectivity index (χ0) is 30.7. The Kier molecular flexibility index (Phi) is 13.1. The lowest BCUT2D eigenvalue weighted by Gasteiger charge is -2.35. The molecule has 1 heterocycles. The third kappa shape index (κ3) is 9.18. The van der Waals surface area contributed by atoms with Gasteiger partial charge in [0.1, 0.15) is 0 Å². The summed E-state index contributed by atoms with van der Waals surface area (Å²) in [7, 11) is 0. The Hall–Kier alpha value is -2.63. The third-order valence-corrected chi connectivity index (χ3v) is 8.33. The molecule has 1 fully saturated rings. The van der Waals surface area contributed by atoms with Gasteiger partial charge in [-0.25, -0.2) is 4.79 Å². The number of benzene rings is 2. The van der Waals surface area contributed by atoms with Crippen molar-refractivity contribution in [2.24, 2.45) is 5.73 Å². The average Bonchev–Trinajstić information content (AvgIpc) is 2.99. The van der Waals surface area contributed by atoms with Gasteiger partial charge in [0.2, 0.25) is 4.87 Å². The molecule has 0 saturated carbocycles. The van der Waals surface area contributed by atoms with Gasteiger partial charge in [0, 0.05) is 55.5 Å². The predicted octanol–water partition coefficient (Wildman–Crippen LogP) is 4.07. The number of carbonyl (C=O) groups is 3. The maximum absolute atomic E-state index is 13.7. The molecule has 11 heteroatoms. The number of esters is 1. The van der Waals surface area contributed by atoms with Crippen molar-refractivity contribution in [1.29, 1.82) is 0 Å². The van der Waals surface area contributed by atoms with E-state index in [-0.39, 0.29) is 31.8 Å². The number of ether oxygens (including phenoxy) is 2. The molecule has 2 N–H and O–H groups in total. The standard InChI is InChI=1S/C31H43ClN4O5S/c1-5-40-30(39)31(33,42-6-2)29(38)36(21-22-41-23(3)4)27-13-9-25(10-14-27)28(37)35-19-17-34(18-20-35)16-15-24-7-11-26(32)12-8-24/h7-14,23H,5-6,15-22,33H2,1-4H3/t31-/m1/s1. The molecule has 2 amide bonds. The minimum Gasteiger partial charge on any atom is -0.464 e. The zero-order valence-electron chi connectivity index (χ0n) is 25.0. The van der Waals surface area contributed by atoms with Crippen molar-refractivity contribution in [3.8, 4) is 0 Å². The molecule has 0 aliphatic carbocycles. The lowest BCUT2D eigenvalue weighted by atomic mass is 10.1. The van der Waals surface area contributed by atoms with Crippen molar-refractivity contribution in [3.05, 3.63) is 64.7 Å². The molecule has 3 rings (SSSR count). The largest absolute Gasteiger partial charge is 0.464 e. The van der Waals surface area contributed by atoms with Crippen LogP contribution in [-0.4, -0.2) is 96.8 Å². The van der Waals surface area contributed by atoms with Crippen LogP contribution in [0.2, 0.25) is 5.02 Å². The summed E-state index contributed by atoms with van der Waals surface area (Å²) < 4.78 is 10.8. The number of carbonyl (C=O) groups excluding carboxylic acids is 3. The van der Waals surface area contributed by atoms with Gasteiger partial charge in [-0.1, -0.05) is 30.7 Å². The molecule has 0 radical (unpaired) electrons. The first kappa shape index (κ1) is 33.9. The molecular formula is C31H43ClN4O5S. The van der Waals surface area contributed by atoms with E-state index in [4.69, 9.17) is 26.8 Å². The molecule has 0 spiro atoms. The first-order chi connectivity index (χ1) is 20.1. The van der Waals surface area contributed by atoms with Crippen LogP contribution < -0.4 is 10.6 Å². The monoisotopic (exact) mass is 618 g/mol. The first-order valence-electron chi connectivity index (χ1n) is 14.5. The minimum absolute atomic E-state index is 0.0300. The maximum atomic E-state index is 13.7. The molecule has 42 heavy (non-hydrogen) atoms. The molecular weight excluding hydrogens is 576 g/mol. The van der Waals surface area contributed by atoms with E-state index >= 15 is 0 Å². The molecule has 1 aliphatic heterocycles. The number of nitrogens with zero attached hydrogens (tertiary/aromatic N) is 3. The van der Waals surface area contributed by atoms with Gasteiger partial charge in [-0.2, -0.15) is 0 Å². The summed E-state index contributed by atoms with van der Waals surface area (Å²) in [5.41, 5.74) is 8.68. The van der Waals surface area contributed by atoms with E-state index in [0.29, 0.717) is 30.1 Å². The van der Waals surface area contributed by atoms with Crippen molar-refractivity contribution >= 4 is 46.8 Å². The molecule has 1 aliphatic rings. The van der Waals surface area contributed by atoms with Crippen LogP contribution in [-0.2, 0) is 25.5 Å². The molecule has 230 valence electrons. The number of amides is 2. The SMILES string of the molecule is CCOC(=O)[C@](N)(SCC)C(=O)N(CCOC(C)C)c1ccc(C(=O)N2CCN(CCc3ccc(Cl)cc3)CC2)cc1. The predicted molar refractivity (Wildman–Crippen MR) is 169 cm³/mol. The second kappa shape index (κ2) is 16.3. The highest BCUT2D eigenvalue weighted by molar-refractivity contribution is 8.02. The molecule has 0 unspecified atom stereocenters. The summed E-state index contributed by atoms with van der Waals surface area (Å²) in [5, 5.41) is 0.734. The fourth-order valence-corrected chi connectivity index (χ4v) is 5.67. The van der Waals surface area contributed by atoms with Crippen LogP contribution in [0.15, 0.2) is 48.5 Å². The number of anilines is 1. The van der Waals surface area contributed by atoms with Crippen molar-refractivity contribution < 1.29 is 23.9 Å². The fourth-order valence-electron chi connectivity index (χ4n) is 4.68. The van der Waals surface area contributed by atoms with Crippen molar-refractivity contribution in [2.75, 3.05) is 63.1 Å². The van der Waals surface area contributed by atoms with Gasteiger partial charge in [-0.05, 0) is 74.9 Å². The Balaban J connectivity index is 1.67. The van der Waals surface area contributed by atoms with E-state index in [1.54, 1.807) is 31.2 Å². The molecule has 0 aromatic heterocycles. The molecule has 0 bridgehead atoms. The number of hydrogen-bond acceptors (Lipinski definition) is 8. The van der Waals surface area contributed by atoms with Crippen molar-refractivity contribution in [1.82, 2.24) is 9.80 Å². The van der Waals surface area contributed by atoms with Crippen molar-refractivity contribution in [2.45, 2.75) is 45.1 Å². The topological polar surface area (TPSA) is 105 Å². The summed E-state index contributed by atoms with van der Waals surface area (Å²) in [5.74, 6) is -0.981. The molecule has 1 atom stereocenters. The highest BCUT2D eigenvalue weighted by Crippen LogP contribution is 2.28. The van der Waals surface area contributed by atoms with Crippen molar-refractivity contribution in [3.63, 3.8) is 0 Å². The average molecular weight is 619 g/mol.